The van der Waals surface area contributed by atoms with Crippen molar-refractivity contribution in [1.82, 2.24) is 10.1 Å². The third kappa shape index (κ3) is 5.91. The number of hydrogen-bond donors (Lipinski definition) is 2. The third-order valence-electron chi connectivity index (χ3n) is 6.43. The van der Waals surface area contributed by atoms with E-state index in [0.29, 0.717) is 39.4 Å². The van der Waals surface area contributed by atoms with Gasteiger partial charge in [-0.15, -0.1) is 0 Å². The number of ether oxygens (including phenoxy) is 2. The van der Waals surface area contributed by atoms with Gasteiger partial charge >= 0.3 is 0 Å². The molecule has 0 fully saturated rings. The lowest BCUT2D eigenvalue weighted by Crippen LogP contribution is -2.19. The maximum atomic E-state index is 13.5. The van der Waals surface area contributed by atoms with Crippen LogP contribution < -0.4 is 14.2 Å². The van der Waals surface area contributed by atoms with Crippen LogP contribution in [-0.4, -0.2) is 30.8 Å². The number of benzene rings is 2. The van der Waals surface area contributed by atoms with Crippen LogP contribution in [0.2, 0.25) is 0 Å². The Morgan fingerprint density at radius 1 is 1.00 bits per heavy atom. The molecule has 0 aliphatic heterocycles. The molecule has 0 radical (unpaired) electrons. The van der Waals surface area contributed by atoms with Crippen molar-refractivity contribution in [3.8, 4) is 22.6 Å². The first kappa shape index (κ1) is 28.1. The quantitative estimate of drug-likeness (QED) is 0.276. The second-order valence-electron chi connectivity index (χ2n) is 9.93. The number of pyridine rings is 1. The van der Waals surface area contributed by atoms with Crippen LogP contribution >= 0.6 is 0 Å². The van der Waals surface area contributed by atoms with Crippen molar-refractivity contribution in [1.29, 1.82) is 0 Å². The first-order chi connectivity index (χ1) is 18.3. The summed E-state index contributed by atoms with van der Waals surface area (Å²) in [5, 5.41) is 14.9. The molecule has 0 aliphatic carbocycles. The highest BCUT2D eigenvalue weighted by atomic mass is 32.2. The smallest absolute Gasteiger partial charge is 0.264 e. The molecule has 4 aromatic rings. The van der Waals surface area contributed by atoms with Crippen molar-refractivity contribution in [3.63, 3.8) is 0 Å². The summed E-state index contributed by atoms with van der Waals surface area (Å²) in [6.45, 7) is 10.7. The Morgan fingerprint density at radius 2 is 1.72 bits per heavy atom. The molecule has 0 saturated carbocycles. The standard InChI is InChI=1S/C29H33N3O6S/c1-17-14-25(27(36-7)20(4)30-17)37-16-21-12-13-22(24(15-21)29(5,6)33)23-10-8-9-11-26(23)39(34,35)32-28-18(2)19(3)31-38-28/h8-15,32-33H,16H2,1-7H3. The SMILES string of the molecule is COc1c(OCc2ccc(-c3ccccc3S(=O)(=O)Nc3onc(C)c3C)c(C(C)(C)O)c2)cc(C)nc1C. The molecule has 2 heterocycles. The summed E-state index contributed by atoms with van der Waals surface area (Å²) in [4.78, 5) is 4.45. The van der Waals surface area contributed by atoms with Crippen LogP contribution in [0.15, 0.2) is 57.9 Å². The average Bonchev–Trinajstić information content (AvgIpc) is 3.18. The number of nitrogens with one attached hydrogen (secondary N) is 1. The summed E-state index contributed by atoms with van der Waals surface area (Å²) in [5.74, 6) is 1.19. The fourth-order valence-corrected chi connectivity index (χ4v) is 5.60. The van der Waals surface area contributed by atoms with E-state index in [1.807, 2.05) is 32.0 Å². The molecule has 0 atom stereocenters. The zero-order valence-electron chi connectivity index (χ0n) is 23.1. The van der Waals surface area contributed by atoms with Crippen LogP contribution in [0.3, 0.4) is 0 Å². The van der Waals surface area contributed by atoms with Crippen molar-refractivity contribution in [3.05, 3.63) is 82.3 Å². The van der Waals surface area contributed by atoms with Crippen LogP contribution in [-0.2, 0) is 22.2 Å². The van der Waals surface area contributed by atoms with Gasteiger partial charge in [0.2, 0.25) is 5.88 Å². The van der Waals surface area contributed by atoms with E-state index in [9.17, 15) is 13.5 Å². The molecule has 39 heavy (non-hydrogen) atoms. The summed E-state index contributed by atoms with van der Waals surface area (Å²) in [5.41, 5.74) is 3.79. The average molecular weight is 552 g/mol. The Kier molecular flexibility index (Phi) is 7.72. The van der Waals surface area contributed by atoms with Gasteiger partial charge in [0.1, 0.15) is 6.61 Å². The van der Waals surface area contributed by atoms with Crippen LogP contribution in [0.5, 0.6) is 11.5 Å². The Balaban J connectivity index is 1.73. The molecule has 206 valence electrons. The van der Waals surface area contributed by atoms with E-state index in [1.54, 1.807) is 59.1 Å². The molecule has 0 unspecified atom stereocenters. The Labute approximate surface area is 228 Å². The lowest BCUT2D eigenvalue weighted by molar-refractivity contribution is 0.0790. The van der Waals surface area contributed by atoms with Gasteiger partial charge in [-0.3, -0.25) is 4.98 Å². The monoisotopic (exact) mass is 551 g/mol. The molecule has 4 rings (SSSR count). The predicted octanol–water partition coefficient (Wildman–Crippen LogP) is 5.59. The van der Waals surface area contributed by atoms with Crippen molar-refractivity contribution >= 4 is 15.9 Å². The molecule has 9 nitrogen and oxygen atoms in total. The highest BCUT2D eigenvalue weighted by molar-refractivity contribution is 7.92. The number of anilines is 1. The summed E-state index contributed by atoms with van der Waals surface area (Å²) < 4.78 is 46.2. The second kappa shape index (κ2) is 10.7. The summed E-state index contributed by atoms with van der Waals surface area (Å²) in [7, 11) is -2.48. The van der Waals surface area contributed by atoms with Gasteiger partial charge in [0.05, 0.1) is 29.0 Å². The second-order valence-corrected chi connectivity index (χ2v) is 11.6. The first-order valence-electron chi connectivity index (χ1n) is 12.4. The topological polar surface area (TPSA) is 124 Å². The molecule has 2 aromatic heterocycles. The van der Waals surface area contributed by atoms with Crippen LogP contribution in [0, 0.1) is 27.7 Å². The molecule has 2 aromatic carbocycles. The molecular formula is C29H33N3O6S. The first-order valence-corrected chi connectivity index (χ1v) is 13.9. The van der Waals surface area contributed by atoms with E-state index < -0.39 is 15.6 Å². The fraction of sp³-hybridized carbons (Fsp3) is 0.310. The largest absolute Gasteiger partial charge is 0.491 e. The lowest BCUT2D eigenvalue weighted by Gasteiger charge is -2.24. The number of rotatable bonds is 9. The number of sulfonamides is 1. The van der Waals surface area contributed by atoms with Gasteiger partial charge < -0.3 is 19.1 Å². The molecule has 0 bridgehead atoms. The van der Waals surface area contributed by atoms with E-state index in [-0.39, 0.29) is 17.4 Å². The molecule has 2 N–H and O–H groups in total. The van der Waals surface area contributed by atoms with Gasteiger partial charge in [-0.25, -0.2) is 13.1 Å². The minimum atomic E-state index is -4.05. The number of aliphatic hydroxyl groups is 1. The Morgan fingerprint density at radius 3 is 2.36 bits per heavy atom. The molecule has 10 heteroatoms. The van der Waals surface area contributed by atoms with E-state index in [4.69, 9.17) is 14.0 Å². The van der Waals surface area contributed by atoms with Crippen LogP contribution in [0.1, 0.15) is 47.6 Å². The lowest BCUT2D eigenvalue weighted by atomic mass is 9.88. The number of hydrogen-bond acceptors (Lipinski definition) is 8. The zero-order chi connectivity index (χ0) is 28.5. The third-order valence-corrected chi connectivity index (χ3v) is 7.82. The zero-order valence-corrected chi connectivity index (χ0v) is 23.9. The van der Waals surface area contributed by atoms with E-state index in [0.717, 1.165) is 17.0 Å². The molecule has 0 spiro atoms. The van der Waals surface area contributed by atoms with Gasteiger partial charge in [0.15, 0.2) is 11.5 Å². The van der Waals surface area contributed by atoms with Gasteiger partial charge in [-0.1, -0.05) is 35.5 Å². The molecule has 0 saturated heterocycles. The van der Waals surface area contributed by atoms with Gasteiger partial charge in [-0.2, -0.15) is 0 Å². The number of methoxy groups -OCH3 is 1. The van der Waals surface area contributed by atoms with Crippen molar-refractivity contribution in [2.45, 2.75) is 58.6 Å². The van der Waals surface area contributed by atoms with Crippen LogP contribution in [0.4, 0.5) is 5.88 Å². The molecule has 0 aliphatic rings. The normalized spacial score (nSPS) is 11.9. The van der Waals surface area contributed by atoms with Crippen molar-refractivity contribution < 1.29 is 27.5 Å². The van der Waals surface area contributed by atoms with Crippen LogP contribution in [0.25, 0.3) is 11.1 Å². The Bertz CT molecular complexity index is 1620. The van der Waals surface area contributed by atoms with Crippen molar-refractivity contribution in [2.75, 3.05) is 11.8 Å². The fourth-order valence-electron chi connectivity index (χ4n) is 4.33. The van der Waals surface area contributed by atoms with Gasteiger partial charge in [0.25, 0.3) is 10.0 Å². The summed E-state index contributed by atoms with van der Waals surface area (Å²) in [6, 6.07) is 13.9. The number of aromatic nitrogens is 2. The van der Waals surface area contributed by atoms with E-state index in [1.165, 1.54) is 6.07 Å². The maximum Gasteiger partial charge on any atom is 0.264 e. The minimum Gasteiger partial charge on any atom is -0.491 e. The highest BCUT2D eigenvalue weighted by Gasteiger charge is 2.27. The number of nitrogens with zero attached hydrogens (tertiary/aromatic N) is 2. The van der Waals surface area contributed by atoms with Gasteiger partial charge in [-0.05, 0) is 70.4 Å². The van der Waals surface area contributed by atoms with E-state index >= 15 is 0 Å². The predicted molar refractivity (Wildman–Crippen MR) is 149 cm³/mol. The van der Waals surface area contributed by atoms with Crippen molar-refractivity contribution in [2.24, 2.45) is 0 Å². The summed E-state index contributed by atoms with van der Waals surface area (Å²) in [6.07, 6.45) is 0. The molecular weight excluding hydrogens is 518 g/mol. The minimum absolute atomic E-state index is 0.0421. The Hall–Kier alpha value is -3.89. The maximum absolute atomic E-state index is 13.5. The highest BCUT2D eigenvalue weighted by Crippen LogP contribution is 2.37. The van der Waals surface area contributed by atoms with Gasteiger partial charge in [0, 0.05) is 22.9 Å². The number of aryl methyl sites for hydroxylation is 3. The van der Waals surface area contributed by atoms with E-state index in [2.05, 4.69) is 14.9 Å². The summed E-state index contributed by atoms with van der Waals surface area (Å²) >= 11 is 0. The molecule has 0 amide bonds.